The Bertz CT molecular complexity index is 609. The maximum atomic E-state index is 12.6. The van der Waals surface area contributed by atoms with Gasteiger partial charge in [-0.1, -0.05) is 30.3 Å². The lowest BCUT2D eigenvalue weighted by molar-refractivity contribution is -0.137. The smallest absolute Gasteiger partial charge is 0.416 e. The lowest BCUT2D eigenvalue weighted by Gasteiger charge is -2.21. The fraction of sp³-hybridized carbons (Fsp3) is 0.368. The van der Waals surface area contributed by atoms with Crippen molar-refractivity contribution in [3.8, 4) is 5.75 Å². The Labute approximate surface area is 140 Å². The van der Waals surface area contributed by atoms with Crippen LogP contribution in [0.1, 0.15) is 11.1 Å². The number of hydrogen-bond acceptors (Lipinski definition) is 2. The normalized spacial score (nSPS) is 13.1. The van der Waals surface area contributed by atoms with E-state index in [1.807, 2.05) is 32.3 Å². The number of ether oxygens (including phenoxy) is 1. The molecule has 0 aromatic heterocycles. The summed E-state index contributed by atoms with van der Waals surface area (Å²) in [4.78, 5) is 2.09. The molecule has 0 radical (unpaired) electrons. The van der Waals surface area contributed by atoms with Crippen LogP contribution >= 0.6 is 0 Å². The molecular formula is C19H22F3NO. The summed E-state index contributed by atoms with van der Waals surface area (Å²) in [5.74, 6) is 0.713. The van der Waals surface area contributed by atoms with Crippen molar-refractivity contribution in [3.63, 3.8) is 0 Å². The quantitative estimate of drug-likeness (QED) is 0.737. The fourth-order valence-corrected chi connectivity index (χ4v) is 2.59. The highest BCUT2D eigenvalue weighted by atomic mass is 19.4. The van der Waals surface area contributed by atoms with Crippen LogP contribution < -0.4 is 4.74 Å². The molecule has 2 rings (SSSR count). The fourth-order valence-electron chi connectivity index (χ4n) is 2.59. The highest BCUT2D eigenvalue weighted by molar-refractivity contribution is 5.28. The Kier molecular flexibility index (Phi) is 6.26. The molecule has 0 spiro atoms. The van der Waals surface area contributed by atoms with Crippen molar-refractivity contribution in [1.82, 2.24) is 4.90 Å². The molecule has 0 aliphatic heterocycles. The molecule has 5 heteroatoms. The molecule has 0 aliphatic rings. The Balaban J connectivity index is 1.97. The zero-order valence-electron chi connectivity index (χ0n) is 13.9. The van der Waals surface area contributed by atoms with Gasteiger partial charge in [0.2, 0.25) is 0 Å². The highest BCUT2D eigenvalue weighted by Crippen LogP contribution is 2.30. The number of nitrogens with zero attached hydrogens (tertiary/aromatic N) is 1. The van der Waals surface area contributed by atoms with Gasteiger partial charge < -0.3 is 9.64 Å². The van der Waals surface area contributed by atoms with Gasteiger partial charge in [0.1, 0.15) is 5.75 Å². The van der Waals surface area contributed by atoms with Gasteiger partial charge in [-0.15, -0.1) is 0 Å². The summed E-state index contributed by atoms with van der Waals surface area (Å²) in [6, 6.07) is 15.0. The van der Waals surface area contributed by atoms with Crippen LogP contribution in [0.3, 0.4) is 0 Å². The van der Waals surface area contributed by atoms with Crippen molar-refractivity contribution in [2.24, 2.45) is 5.92 Å². The first-order chi connectivity index (χ1) is 11.3. The third-order valence-corrected chi connectivity index (χ3v) is 3.66. The third kappa shape index (κ3) is 5.89. The molecule has 2 aromatic carbocycles. The Morgan fingerprint density at radius 3 is 2.12 bits per heavy atom. The Morgan fingerprint density at radius 2 is 1.58 bits per heavy atom. The van der Waals surface area contributed by atoms with Crippen LogP contribution in [0.5, 0.6) is 5.75 Å². The van der Waals surface area contributed by atoms with E-state index in [9.17, 15) is 13.2 Å². The molecule has 0 saturated heterocycles. The molecule has 0 amide bonds. The molecule has 0 saturated carbocycles. The molecule has 2 aromatic rings. The van der Waals surface area contributed by atoms with E-state index in [1.165, 1.54) is 17.7 Å². The average molecular weight is 337 g/mol. The van der Waals surface area contributed by atoms with Gasteiger partial charge in [0, 0.05) is 12.5 Å². The molecule has 1 atom stereocenters. The van der Waals surface area contributed by atoms with E-state index in [2.05, 4.69) is 17.0 Å². The van der Waals surface area contributed by atoms with Crippen molar-refractivity contribution in [3.05, 3.63) is 65.7 Å². The first kappa shape index (κ1) is 18.3. The largest absolute Gasteiger partial charge is 0.493 e. The van der Waals surface area contributed by atoms with Crippen LogP contribution in [0.25, 0.3) is 0 Å². The van der Waals surface area contributed by atoms with Gasteiger partial charge >= 0.3 is 6.18 Å². The lowest BCUT2D eigenvalue weighted by Crippen LogP contribution is -2.28. The second kappa shape index (κ2) is 8.20. The van der Waals surface area contributed by atoms with Gasteiger partial charge in [0.05, 0.1) is 12.2 Å². The summed E-state index contributed by atoms with van der Waals surface area (Å²) < 4.78 is 43.4. The average Bonchev–Trinajstić information content (AvgIpc) is 2.53. The van der Waals surface area contributed by atoms with Crippen LogP contribution in [0.2, 0.25) is 0 Å². The van der Waals surface area contributed by atoms with E-state index in [1.54, 1.807) is 0 Å². The van der Waals surface area contributed by atoms with Gasteiger partial charge in [0.25, 0.3) is 0 Å². The summed E-state index contributed by atoms with van der Waals surface area (Å²) in [7, 11) is 3.99. The van der Waals surface area contributed by atoms with E-state index in [-0.39, 0.29) is 5.92 Å². The standard InChI is InChI=1S/C19H22F3NO/c1-23(2)13-16(12-15-6-4-3-5-7-15)14-24-18-10-8-17(9-11-18)19(20,21)22/h3-11,16H,12-14H2,1-2H3. The van der Waals surface area contributed by atoms with E-state index in [0.717, 1.165) is 25.1 Å². The van der Waals surface area contributed by atoms with Gasteiger partial charge in [-0.25, -0.2) is 0 Å². The van der Waals surface area contributed by atoms with E-state index < -0.39 is 11.7 Å². The maximum absolute atomic E-state index is 12.6. The first-order valence-corrected chi connectivity index (χ1v) is 7.83. The molecule has 0 N–H and O–H groups in total. The predicted octanol–water partition coefficient (Wildman–Crippen LogP) is 4.50. The summed E-state index contributed by atoms with van der Waals surface area (Å²) in [6.07, 6.45) is -3.46. The number of alkyl halides is 3. The van der Waals surface area contributed by atoms with Crippen LogP contribution in [-0.2, 0) is 12.6 Å². The van der Waals surface area contributed by atoms with Crippen molar-refractivity contribution in [2.45, 2.75) is 12.6 Å². The Morgan fingerprint density at radius 1 is 0.958 bits per heavy atom. The van der Waals surface area contributed by atoms with Gasteiger partial charge in [0.15, 0.2) is 0 Å². The monoisotopic (exact) mass is 337 g/mol. The van der Waals surface area contributed by atoms with Crippen LogP contribution in [0.4, 0.5) is 13.2 Å². The van der Waals surface area contributed by atoms with Gasteiger partial charge in [-0.05, 0) is 50.3 Å². The van der Waals surface area contributed by atoms with E-state index in [0.29, 0.717) is 12.4 Å². The molecule has 0 heterocycles. The number of halogens is 3. The molecule has 1 unspecified atom stereocenters. The van der Waals surface area contributed by atoms with E-state index in [4.69, 9.17) is 4.74 Å². The van der Waals surface area contributed by atoms with Crippen LogP contribution in [0, 0.1) is 5.92 Å². The SMILES string of the molecule is CN(C)CC(COc1ccc(C(F)(F)F)cc1)Cc1ccccc1. The Hall–Kier alpha value is -2.01. The number of benzene rings is 2. The minimum atomic E-state index is -4.32. The molecular weight excluding hydrogens is 315 g/mol. The number of hydrogen-bond donors (Lipinski definition) is 0. The summed E-state index contributed by atoms with van der Waals surface area (Å²) in [5, 5.41) is 0. The summed E-state index contributed by atoms with van der Waals surface area (Å²) in [6.45, 7) is 1.30. The van der Waals surface area contributed by atoms with Crippen molar-refractivity contribution >= 4 is 0 Å². The minimum absolute atomic E-state index is 0.254. The van der Waals surface area contributed by atoms with Crippen LogP contribution in [0.15, 0.2) is 54.6 Å². The molecule has 0 bridgehead atoms. The second-order valence-electron chi connectivity index (χ2n) is 6.15. The predicted molar refractivity (Wildman–Crippen MR) is 89.1 cm³/mol. The molecule has 130 valence electrons. The van der Waals surface area contributed by atoms with E-state index >= 15 is 0 Å². The van der Waals surface area contributed by atoms with Gasteiger partial charge in [-0.3, -0.25) is 0 Å². The lowest BCUT2D eigenvalue weighted by atomic mass is 9.99. The van der Waals surface area contributed by atoms with Crippen molar-refractivity contribution in [2.75, 3.05) is 27.2 Å². The number of rotatable bonds is 7. The topological polar surface area (TPSA) is 12.5 Å². The molecule has 0 aliphatic carbocycles. The molecule has 2 nitrogen and oxygen atoms in total. The van der Waals surface area contributed by atoms with Crippen molar-refractivity contribution in [1.29, 1.82) is 0 Å². The first-order valence-electron chi connectivity index (χ1n) is 7.83. The summed E-state index contributed by atoms with van der Waals surface area (Å²) >= 11 is 0. The zero-order chi connectivity index (χ0) is 17.6. The third-order valence-electron chi connectivity index (χ3n) is 3.66. The van der Waals surface area contributed by atoms with Crippen LogP contribution in [-0.4, -0.2) is 32.1 Å². The molecule has 0 fully saturated rings. The highest BCUT2D eigenvalue weighted by Gasteiger charge is 2.30. The van der Waals surface area contributed by atoms with Crippen molar-refractivity contribution < 1.29 is 17.9 Å². The van der Waals surface area contributed by atoms with Gasteiger partial charge in [-0.2, -0.15) is 13.2 Å². The molecule has 24 heavy (non-hydrogen) atoms. The zero-order valence-corrected chi connectivity index (χ0v) is 13.9. The minimum Gasteiger partial charge on any atom is -0.493 e. The maximum Gasteiger partial charge on any atom is 0.416 e. The second-order valence-corrected chi connectivity index (χ2v) is 6.15. The summed E-state index contributed by atoms with van der Waals surface area (Å²) in [5.41, 5.74) is 0.560.